The van der Waals surface area contributed by atoms with Crippen molar-refractivity contribution in [1.29, 1.82) is 0 Å². The third-order valence-electron chi connectivity index (χ3n) is 0.670. The highest BCUT2D eigenvalue weighted by molar-refractivity contribution is 8.77. The first-order valence-electron chi connectivity index (χ1n) is 3.43. The van der Waals surface area contributed by atoms with Crippen LogP contribution in [0.5, 0.6) is 0 Å². The number of hydrogen-bond acceptors (Lipinski definition) is 2. The van der Waals surface area contributed by atoms with Crippen LogP contribution in [0.4, 0.5) is 0 Å². The summed E-state index contributed by atoms with van der Waals surface area (Å²) in [6, 6.07) is 0. The summed E-state index contributed by atoms with van der Waals surface area (Å²) in [6.45, 7) is 6.68. The standard InChI is InChI=1S/C7H15ClS2/c1-7(2,3)10-9-6-4-5-8/h4-6H2,1-3H3. The minimum Gasteiger partial charge on any atom is -0.127 e. The lowest BCUT2D eigenvalue weighted by atomic mass is 10.3. The van der Waals surface area contributed by atoms with Gasteiger partial charge in [-0.1, -0.05) is 42.4 Å². The van der Waals surface area contributed by atoms with Crippen LogP contribution in [0.3, 0.4) is 0 Å². The van der Waals surface area contributed by atoms with E-state index in [0.29, 0.717) is 4.75 Å². The van der Waals surface area contributed by atoms with Gasteiger partial charge in [-0.15, -0.1) is 11.6 Å². The molecule has 0 nitrogen and oxygen atoms in total. The minimum absolute atomic E-state index is 0.386. The number of hydrogen-bond donors (Lipinski definition) is 0. The van der Waals surface area contributed by atoms with Gasteiger partial charge in [0.15, 0.2) is 0 Å². The fraction of sp³-hybridized carbons (Fsp3) is 1.00. The Morgan fingerprint density at radius 3 is 2.30 bits per heavy atom. The van der Waals surface area contributed by atoms with Gasteiger partial charge in [-0.2, -0.15) is 0 Å². The summed E-state index contributed by atoms with van der Waals surface area (Å²) in [5, 5.41) is 0. The van der Waals surface area contributed by atoms with Crippen LogP contribution in [0.1, 0.15) is 27.2 Å². The van der Waals surface area contributed by atoms with Crippen molar-refractivity contribution >= 4 is 33.2 Å². The SMILES string of the molecule is CC(C)(C)SSCCCCl. The largest absolute Gasteiger partial charge is 0.127 e. The van der Waals surface area contributed by atoms with Crippen molar-refractivity contribution in [2.24, 2.45) is 0 Å². The molecule has 0 saturated heterocycles. The lowest BCUT2D eigenvalue weighted by Gasteiger charge is -2.15. The van der Waals surface area contributed by atoms with Crippen LogP contribution in [0.15, 0.2) is 0 Å². The zero-order valence-electron chi connectivity index (χ0n) is 6.82. The summed E-state index contributed by atoms with van der Waals surface area (Å²) in [5.74, 6) is 1.96. The third-order valence-corrected chi connectivity index (χ3v) is 4.36. The first kappa shape index (κ1) is 11.0. The molecule has 0 N–H and O–H groups in total. The smallest absolute Gasteiger partial charge is 0.0231 e. The Hall–Kier alpha value is 0.990. The Morgan fingerprint density at radius 2 is 1.90 bits per heavy atom. The maximum Gasteiger partial charge on any atom is 0.0231 e. The number of halogens is 1. The van der Waals surface area contributed by atoms with E-state index in [-0.39, 0.29) is 0 Å². The molecule has 3 heteroatoms. The van der Waals surface area contributed by atoms with Crippen molar-refractivity contribution in [3.63, 3.8) is 0 Å². The van der Waals surface area contributed by atoms with Crippen molar-refractivity contribution < 1.29 is 0 Å². The van der Waals surface area contributed by atoms with Crippen LogP contribution in [0, 0.1) is 0 Å². The molecular formula is C7H15ClS2. The van der Waals surface area contributed by atoms with Gasteiger partial charge in [0.25, 0.3) is 0 Å². The van der Waals surface area contributed by atoms with E-state index in [2.05, 4.69) is 20.8 Å². The Bertz CT molecular complexity index is 78.2. The van der Waals surface area contributed by atoms with Gasteiger partial charge in [0.05, 0.1) is 0 Å². The van der Waals surface area contributed by atoms with Gasteiger partial charge < -0.3 is 0 Å². The summed E-state index contributed by atoms with van der Waals surface area (Å²) >= 11 is 5.53. The van der Waals surface area contributed by atoms with Crippen molar-refractivity contribution in [3.8, 4) is 0 Å². The molecule has 0 amide bonds. The molecule has 0 fully saturated rings. The van der Waals surface area contributed by atoms with Crippen LogP contribution in [0.25, 0.3) is 0 Å². The molecule has 0 atom stereocenters. The van der Waals surface area contributed by atoms with Gasteiger partial charge in [-0.3, -0.25) is 0 Å². The zero-order chi connectivity index (χ0) is 8.04. The molecule has 0 aromatic rings. The second-order valence-electron chi connectivity index (χ2n) is 3.06. The molecule has 0 aliphatic heterocycles. The van der Waals surface area contributed by atoms with E-state index in [1.54, 1.807) is 0 Å². The van der Waals surface area contributed by atoms with E-state index < -0.39 is 0 Å². The van der Waals surface area contributed by atoms with Crippen LogP contribution in [-0.4, -0.2) is 16.4 Å². The molecule has 0 radical (unpaired) electrons. The second-order valence-corrected chi connectivity index (χ2v) is 6.68. The van der Waals surface area contributed by atoms with Gasteiger partial charge in [-0.25, -0.2) is 0 Å². The molecule has 0 aromatic heterocycles. The Morgan fingerprint density at radius 1 is 1.30 bits per heavy atom. The van der Waals surface area contributed by atoms with Crippen molar-refractivity contribution in [2.75, 3.05) is 11.6 Å². The maximum absolute atomic E-state index is 5.53. The Kier molecular flexibility index (Phi) is 6.17. The summed E-state index contributed by atoms with van der Waals surface area (Å²) < 4.78 is 0.386. The molecule has 0 rings (SSSR count). The summed E-state index contributed by atoms with van der Waals surface area (Å²) in [4.78, 5) is 0. The van der Waals surface area contributed by atoms with E-state index >= 15 is 0 Å². The first-order chi connectivity index (χ1) is 4.56. The molecule has 0 saturated carbocycles. The van der Waals surface area contributed by atoms with Gasteiger partial charge in [0.1, 0.15) is 0 Å². The van der Waals surface area contributed by atoms with Gasteiger partial charge in [-0.05, 0) is 6.42 Å². The fourth-order valence-corrected chi connectivity index (χ4v) is 2.99. The number of alkyl halides is 1. The van der Waals surface area contributed by atoms with Crippen molar-refractivity contribution in [1.82, 2.24) is 0 Å². The third kappa shape index (κ3) is 8.99. The molecule has 0 spiro atoms. The molecule has 0 heterocycles. The zero-order valence-corrected chi connectivity index (χ0v) is 9.20. The summed E-state index contributed by atoms with van der Waals surface area (Å²) in [5.41, 5.74) is 0. The van der Waals surface area contributed by atoms with E-state index in [9.17, 15) is 0 Å². The number of rotatable bonds is 4. The molecule has 0 aliphatic carbocycles. The lowest BCUT2D eigenvalue weighted by Crippen LogP contribution is -2.04. The Balaban J connectivity index is 3.04. The maximum atomic E-state index is 5.53. The molecule has 0 aromatic carbocycles. The van der Waals surface area contributed by atoms with Crippen LogP contribution >= 0.6 is 33.2 Å². The molecule has 62 valence electrons. The quantitative estimate of drug-likeness (QED) is 0.383. The molecule has 0 aliphatic rings. The van der Waals surface area contributed by atoms with Crippen molar-refractivity contribution in [2.45, 2.75) is 31.9 Å². The van der Waals surface area contributed by atoms with Crippen LogP contribution < -0.4 is 0 Å². The normalized spacial score (nSPS) is 12.0. The fourth-order valence-electron chi connectivity index (χ4n) is 0.332. The summed E-state index contributed by atoms with van der Waals surface area (Å²) in [7, 11) is 3.85. The van der Waals surface area contributed by atoms with Crippen LogP contribution in [-0.2, 0) is 0 Å². The summed E-state index contributed by atoms with van der Waals surface area (Å²) in [6.07, 6.45) is 1.12. The highest BCUT2D eigenvalue weighted by Crippen LogP contribution is 2.35. The minimum atomic E-state index is 0.386. The topological polar surface area (TPSA) is 0 Å². The average molecular weight is 199 g/mol. The highest BCUT2D eigenvalue weighted by Gasteiger charge is 2.09. The molecule has 0 bridgehead atoms. The van der Waals surface area contributed by atoms with Gasteiger partial charge >= 0.3 is 0 Å². The van der Waals surface area contributed by atoms with Crippen LogP contribution in [0.2, 0.25) is 0 Å². The predicted molar refractivity (Wildman–Crippen MR) is 55.1 cm³/mol. The van der Waals surface area contributed by atoms with E-state index in [0.717, 1.165) is 12.3 Å². The highest BCUT2D eigenvalue weighted by atomic mass is 35.5. The van der Waals surface area contributed by atoms with Gasteiger partial charge in [0, 0.05) is 16.4 Å². The molecule has 0 unspecified atom stereocenters. The van der Waals surface area contributed by atoms with Gasteiger partial charge in [0.2, 0.25) is 0 Å². The van der Waals surface area contributed by atoms with E-state index in [1.807, 2.05) is 21.6 Å². The molecule has 10 heavy (non-hydrogen) atoms. The van der Waals surface area contributed by atoms with E-state index in [1.165, 1.54) is 5.75 Å². The van der Waals surface area contributed by atoms with Crippen molar-refractivity contribution in [3.05, 3.63) is 0 Å². The average Bonchev–Trinajstić information content (AvgIpc) is 1.78. The lowest BCUT2D eigenvalue weighted by molar-refractivity contribution is 0.810. The first-order valence-corrected chi connectivity index (χ1v) is 6.28. The van der Waals surface area contributed by atoms with E-state index in [4.69, 9.17) is 11.6 Å². The molecular weight excluding hydrogens is 184 g/mol. The second kappa shape index (κ2) is 5.62. The monoisotopic (exact) mass is 198 g/mol. The predicted octanol–water partition coefficient (Wildman–Crippen LogP) is 3.80. The Labute approximate surface area is 76.9 Å².